The molecule has 11 N–H and O–H groups in total. The fraction of sp³-hybridized carbons (Fsp3) is 1.00. The van der Waals surface area contributed by atoms with E-state index in [4.69, 9.17) is 37.9 Å². The molecular formula is C45H74O19. The number of aliphatic hydroxyl groups is 11. The van der Waals surface area contributed by atoms with Gasteiger partial charge in [0, 0.05) is 24.2 Å². The highest BCUT2D eigenvalue weighted by Gasteiger charge is 2.72. The maximum Gasteiger partial charge on any atom is 0.187 e. The van der Waals surface area contributed by atoms with Crippen molar-refractivity contribution in [3.63, 3.8) is 0 Å². The van der Waals surface area contributed by atoms with Crippen LogP contribution < -0.4 is 0 Å². The molecule has 4 saturated carbocycles. The van der Waals surface area contributed by atoms with Gasteiger partial charge in [-0.1, -0.05) is 27.7 Å². The number of hydrogen-bond acceptors (Lipinski definition) is 19. The number of rotatable bonds is 8. The Balaban J connectivity index is 0.953. The molecule has 0 aromatic rings. The molecule has 0 aromatic carbocycles. The van der Waals surface area contributed by atoms with Crippen LogP contribution >= 0.6 is 0 Å². The van der Waals surface area contributed by atoms with Crippen LogP contribution in [0.5, 0.6) is 0 Å². The highest BCUT2D eigenvalue weighted by Crippen LogP contribution is 2.72. The molecule has 1 spiro atoms. The molecule has 0 unspecified atom stereocenters. The van der Waals surface area contributed by atoms with Crippen LogP contribution in [0.4, 0.5) is 0 Å². The third-order valence-corrected chi connectivity index (χ3v) is 18.4. The lowest BCUT2D eigenvalue weighted by atomic mass is 9.42. The van der Waals surface area contributed by atoms with Gasteiger partial charge >= 0.3 is 0 Å². The van der Waals surface area contributed by atoms with Crippen molar-refractivity contribution in [2.75, 3.05) is 19.8 Å². The molecule has 0 amide bonds. The van der Waals surface area contributed by atoms with Crippen molar-refractivity contribution in [2.45, 2.75) is 214 Å². The molecule has 5 aliphatic heterocycles. The van der Waals surface area contributed by atoms with Crippen molar-refractivity contribution >= 4 is 0 Å². The summed E-state index contributed by atoms with van der Waals surface area (Å²) < 4.78 is 49.8. The van der Waals surface area contributed by atoms with Gasteiger partial charge in [0.2, 0.25) is 0 Å². The number of aliphatic hydroxyl groups excluding tert-OH is 10. The van der Waals surface area contributed by atoms with Crippen LogP contribution in [0, 0.1) is 46.3 Å². The SMILES string of the molecule is C[C@@H]1CC[C@@]2(OC1)O[C@H]1C[C@H]3[C@@H]4C[C@@H](O)[C@@]5(O)C[C@@H](O[C@@H]6O[C@H](CO)[C@@H](O)[C@H](O[C@@H]7O[C@H](CO)[C@@H](O)[C@H](O)[C@H]7O)[C@H]6O[C@@H]6O[C@@H](C)[C@H](O)[C@@H](O)[C@H]6O)CC[C@]5(C)[C@H]4CC[C@]3(C)[C@H]1[C@@H]2C. The van der Waals surface area contributed by atoms with Gasteiger partial charge in [0.05, 0.1) is 49.8 Å². The Bertz CT molecular complexity index is 1640. The summed E-state index contributed by atoms with van der Waals surface area (Å²) in [5.41, 5.74) is -2.30. The van der Waals surface area contributed by atoms with Gasteiger partial charge in [-0.25, -0.2) is 0 Å². The minimum absolute atomic E-state index is 0.00998. The molecule has 64 heavy (non-hydrogen) atoms. The summed E-state index contributed by atoms with van der Waals surface area (Å²) >= 11 is 0. The summed E-state index contributed by atoms with van der Waals surface area (Å²) in [7, 11) is 0. The van der Waals surface area contributed by atoms with Crippen molar-refractivity contribution < 1.29 is 94.1 Å². The van der Waals surface area contributed by atoms with E-state index in [1.54, 1.807) is 0 Å². The van der Waals surface area contributed by atoms with Gasteiger partial charge in [-0.05, 0) is 86.9 Å². The lowest BCUT2D eigenvalue weighted by Gasteiger charge is -2.65. The third-order valence-electron chi connectivity index (χ3n) is 18.4. The van der Waals surface area contributed by atoms with Crippen molar-refractivity contribution in [1.29, 1.82) is 0 Å². The van der Waals surface area contributed by atoms with E-state index in [2.05, 4.69) is 27.7 Å². The molecule has 0 radical (unpaired) electrons. The van der Waals surface area contributed by atoms with Crippen LogP contribution in [0.25, 0.3) is 0 Å². The molecule has 28 atom stereocenters. The van der Waals surface area contributed by atoms with Crippen molar-refractivity contribution in [3.8, 4) is 0 Å². The molecule has 5 heterocycles. The summed E-state index contributed by atoms with van der Waals surface area (Å²) in [4.78, 5) is 0. The van der Waals surface area contributed by atoms with Crippen molar-refractivity contribution in [1.82, 2.24) is 0 Å². The minimum atomic E-state index is -1.90. The zero-order valence-corrected chi connectivity index (χ0v) is 37.5. The third kappa shape index (κ3) is 7.49. The van der Waals surface area contributed by atoms with Crippen LogP contribution in [0.15, 0.2) is 0 Å². The lowest BCUT2D eigenvalue weighted by molar-refractivity contribution is -0.396. The molecule has 5 saturated heterocycles. The average Bonchev–Trinajstić information content (AvgIpc) is 3.71. The van der Waals surface area contributed by atoms with E-state index in [1.807, 2.05) is 0 Å². The monoisotopic (exact) mass is 918 g/mol. The van der Waals surface area contributed by atoms with Gasteiger partial charge in [0.15, 0.2) is 24.7 Å². The topological polar surface area (TPSA) is 296 Å². The number of hydrogen-bond donors (Lipinski definition) is 11. The number of ether oxygens (including phenoxy) is 8. The molecule has 0 aromatic heterocycles. The zero-order valence-electron chi connectivity index (χ0n) is 37.5. The Morgan fingerprint density at radius 3 is 1.94 bits per heavy atom. The van der Waals surface area contributed by atoms with E-state index in [-0.39, 0.29) is 35.7 Å². The van der Waals surface area contributed by atoms with Crippen molar-refractivity contribution in [2.24, 2.45) is 46.3 Å². The van der Waals surface area contributed by atoms with E-state index >= 15 is 0 Å². The fourth-order valence-corrected chi connectivity index (χ4v) is 14.6. The summed E-state index contributed by atoms with van der Waals surface area (Å²) in [6.45, 7) is 9.63. The first-order valence-corrected chi connectivity index (χ1v) is 23.8. The molecule has 0 bridgehead atoms. The predicted molar refractivity (Wildman–Crippen MR) is 217 cm³/mol. The first kappa shape index (κ1) is 48.3. The second-order valence-corrected chi connectivity index (χ2v) is 21.8. The molecule has 9 rings (SSSR count). The molecule has 9 aliphatic rings. The van der Waals surface area contributed by atoms with Gasteiger partial charge in [0.1, 0.15) is 67.1 Å². The largest absolute Gasteiger partial charge is 0.394 e. The Kier molecular flexibility index (Phi) is 13.3. The number of fused-ring (bicyclic) bond motifs is 7. The minimum Gasteiger partial charge on any atom is -0.394 e. The maximum absolute atomic E-state index is 12.9. The predicted octanol–water partition coefficient (Wildman–Crippen LogP) is -1.62. The highest BCUT2D eigenvalue weighted by atomic mass is 16.8. The Hall–Kier alpha value is -0.760. The van der Waals surface area contributed by atoms with Gasteiger partial charge in [-0.15, -0.1) is 0 Å². The van der Waals surface area contributed by atoms with E-state index in [0.29, 0.717) is 43.6 Å². The van der Waals surface area contributed by atoms with E-state index in [9.17, 15) is 56.2 Å². The molecule has 9 fully saturated rings. The van der Waals surface area contributed by atoms with Gasteiger partial charge in [-0.2, -0.15) is 0 Å². The normalized spacial score (nSPS) is 59.8. The Morgan fingerprint density at radius 2 is 1.27 bits per heavy atom. The van der Waals surface area contributed by atoms with Crippen LogP contribution in [0.1, 0.15) is 92.4 Å². The van der Waals surface area contributed by atoms with Crippen molar-refractivity contribution in [3.05, 3.63) is 0 Å². The maximum atomic E-state index is 12.9. The first-order valence-electron chi connectivity index (χ1n) is 23.8. The quantitative estimate of drug-likeness (QED) is 0.122. The molecule has 368 valence electrons. The summed E-state index contributed by atoms with van der Waals surface area (Å²) in [6.07, 6.45) is -20.2. The Morgan fingerprint density at radius 1 is 0.625 bits per heavy atom. The smallest absolute Gasteiger partial charge is 0.187 e. The van der Waals surface area contributed by atoms with Crippen LogP contribution in [0.3, 0.4) is 0 Å². The summed E-state index contributed by atoms with van der Waals surface area (Å²) in [5.74, 6) is 1.10. The standard InChI is InChI=1S/C45H74O19/c1-18-6-11-45(57-17-18)19(2)29-25(64-45)13-24-22-12-28(48)44(56)14-21(7-10-43(44,5)23(22)8-9-42(24,29)4)59-41-38(63-39-35(54)33(52)30(49)20(3)58-39)37(32(51)27(16-47)61-41)62-40-36(55)34(53)31(50)26(15-46)60-40/h18-41,46-56H,6-17H2,1-5H3/t18-,19+,20+,21+,22-,23+,24+,25+,26-,27-,28-,29+,30+,31-,32-,33-,34+,35-,36-,37+,38-,39+,40+,41-,42+,43-,44+,45-/m1/s1. The second kappa shape index (κ2) is 17.6. The highest BCUT2D eigenvalue weighted by molar-refractivity contribution is 5.20. The summed E-state index contributed by atoms with van der Waals surface area (Å²) in [6, 6.07) is 0. The first-order chi connectivity index (χ1) is 30.2. The lowest BCUT2D eigenvalue weighted by Crippen LogP contribution is -2.70. The summed E-state index contributed by atoms with van der Waals surface area (Å²) in [5, 5.41) is 121. The average molecular weight is 919 g/mol. The molecule has 19 nitrogen and oxygen atoms in total. The van der Waals surface area contributed by atoms with Gasteiger partial charge < -0.3 is 94.1 Å². The fourth-order valence-electron chi connectivity index (χ4n) is 14.6. The molecule has 19 heteroatoms. The van der Waals surface area contributed by atoms with E-state index in [1.165, 1.54) is 6.92 Å². The van der Waals surface area contributed by atoms with Gasteiger partial charge in [-0.3, -0.25) is 0 Å². The van der Waals surface area contributed by atoms with E-state index in [0.717, 1.165) is 32.1 Å². The molecule has 4 aliphatic carbocycles. The zero-order chi connectivity index (χ0) is 46.0. The van der Waals surface area contributed by atoms with Gasteiger partial charge in [0.25, 0.3) is 0 Å². The Labute approximate surface area is 373 Å². The van der Waals surface area contributed by atoms with Crippen LogP contribution in [-0.2, 0) is 37.9 Å². The van der Waals surface area contributed by atoms with Crippen LogP contribution in [0.2, 0.25) is 0 Å². The van der Waals surface area contributed by atoms with Crippen LogP contribution in [-0.4, -0.2) is 198 Å². The second-order valence-electron chi connectivity index (χ2n) is 21.8. The molecular weight excluding hydrogens is 844 g/mol. The van der Waals surface area contributed by atoms with E-state index < -0.39 is 134 Å².